The topological polar surface area (TPSA) is 43.9 Å². The minimum Gasteiger partial charge on any atom is -0.366 e. The van der Waals surface area contributed by atoms with Gasteiger partial charge in [0.25, 0.3) is 0 Å². The van der Waals surface area contributed by atoms with Crippen LogP contribution >= 0.6 is 0 Å². The number of rotatable bonds is 4. The lowest BCUT2D eigenvalue weighted by Gasteiger charge is -2.37. The van der Waals surface area contributed by atoms with Crippen LogP contribution in [0.5, 0.6) is 0 Å². The number of hydrogen-bond acceptors (Lipinski definition) is 3. The molecule has 0 spiro atoms. The molecule has 2 amide bonds. The number of benzene rings is 2. The number of halogens is 4. The van der Waals surface area contributed by atoms with E-state index in [1.807, 2.05) is 4.90 Å². The van der Waals surface area contributed by atoms with E-state index >= 15 is 0 Å². The van der Waals surface area contributed by atoms with Crippen LogP contribution in [0.25, 0.3) is 0 Å². The molecule has 2 saturated heterocycles. The SMILES string of the molecule is O=C1CC(C(=O)N2CCN(c3ccccc3F)CC2)CN1Cc1cccc(C(F)(F)F)c1. The molecule has 2 aromatic carbocycles. The molecule has 2 aliphatic rings. The smallest absolute Gasteiger partial charge is 0.366 e. The van der Waals surface area contributed by atoms with Crippen molar-refractivity contribution in [2.45, 2.75) is 19.1 Å². The van der Waals surface area contributed by atoms with Crippen LogP contribution in [-0.4, -0.2) is 54.3 Å². The number of likely N-dealkylation sites (tertiary alicyclic amines) is 1. The Labute approximate surface area is 183 Å². The number of anilines is 1. The van der Waals surface area contributed by atoms with E-state index in [9.17, 15) is 27.2 Å². The summed E-state index contributed by atoms with van der Waals surface area (Å²) < 4.78 is 52.8. The van der Waals surface area contributed by atoms with Crippen LogP contribution in [0.15, 0.2) is 48.5 Å². The van der Waals surface area contributed by atoms with E-state index in [1.165, 1.54) is 17.0 Å². The molecule has 32 heavy (non-hydrogen) atoms. The van der Waals surface area contributed by atoms with Crippen molar-refractivity contribution in [3.63, 3.8) is 0 Å². The van der Waals surface area contributed by atoms with Crippen LogP contribution in [0.1, 0.15) is 17.5 Å². The molecule has 0 aromatic heterocycles. The third kappa shape index (κ3) is 4.71. The Bertz CT molecular complexity index is 1000. The normalized spacial score (nSPS) is 19.6. The number of nitrogens with zero attached hydrogens (tertiary/aromatic N) is 3. The molecule has 2 fully saturated rings. The maximum absolute atomic E-state index is 14.0. The summed E-state index contributed by atoms with van der Waals surface area (Å²) in [5, 5.41) is 0. The molecule has 0 aliphatic carbocycles. The zero-order valence-corrected chi connectivity index (χ0v) is 17.3. The minimum absolute atomic E-state index is 0.0353. The summed E-state index contributed by atoms with van der Waals surface area (Å²) in [6, 6.07) is 11.4. The second-order valence-electron chi connectivity index (χ2n) is 8.14. The largest absolute Gasteiger partial charge is 0.416 e. The third-order valence-corrected chi connectivity index (χ3v) is 5.98. The maximum Gasteiger partial charge on any atom is 0.416 e. The van der Waals surface area contributed by atoms with E-state index < -0.39 is 17.7 Å². The Kier molecular flexibility index (Phi) is 6.08. The summed E-state index contributed by atoms with van der Waals surface area (Å²) in [5.41, 5.74) is 0.115. The fourth-order valence-electron chi connectivity index (χ4n) is 4.29. The molecule has 4 rings (SSSR count). The van der Waals surface area contributed by atoms with Gasteiger partial charge < -0.3 is 14.7 Å². The molecule has 2 heterocycles. The Balaban J connectivity index is 1.34. The van der Waals surface area contributed by atoms with Crippen molar-refractivity contribution in [3.8, 4) is 0 Å². The van der Waals surface area contributed by atoms with E-state index in [4.69, 9.17) is 0 Å². The Morgan fingerprint density at radius 1 is 1.00 bits per heavy atom. The number of carbonyl (C=O) groups excluding carboxylic acids is 2. The molecule has 170 valence electrons. The predicted octanol–water partition coefficient (Wildman–Crippen LogP) is 3.54. The first-order valence-electron chi connectivity index (χ1n) is 10.4. The lowest BCUT2D eigenvalue weighted by atomic mass is 10.1. The average molecular weight is 449 g/mol. The van der Waals surface area contributed by atoms with Crippen LogP contribution in [0.3, 0.4) is 0 Å². The summed E-state index contributed by atoms with van der Waals surface area (Å²) in [5.74, 6) is -1.21. The van der Waals surface area contributed by atoms with Crippen LogP contribution in [0.4, 0.5) is 23.2 Å². The van der Waals surface area contributed by atoms with Crippen molar-refractivity contribution in [1.29, 1.82) is 0 Å². The van der Waals surface area contributed by atoms with Gasteiger partial charge in [0, 0.05) is 45.7 Å². The molecule has 1 atom stereocenters. The number of alkyl halides is 3. The lowest BCUT2D eigenvalue weighted by Crippen LogP contribution is -2.50. The van der Waals surface area contributed by atoms with E-state index in [1.54, 1.807) is 29.2 Å². The second kappa shape index (κ2) is 8.80. The van der Waals surface area contributed by atoms with Gasteiger partial charge in [-0.25, -0.2) is 4.39 Å². The maximum atomic E-state index is 14.0. The second-order valence-corrected chi connectivity index (χ2v) is 8.14. The molecule has 1 unspecified atom stereocenters. The Morgan fingerprint density at radius 3 is 2.41 bits per heavy atom. The highest BCUT2D eigenvalue weighted by Gasteiger charge is 2.38. The summed E-state index contributed by atoms with van der Waals surface area (Å²) in [7, 11) is 0. The number of para-hydroxylation sites is 1. The van der Waals surface area contributed by atoms with Crippen molar-refractivity contribution in [2.24, 2.45) is 5.92 Å². The molecule has 0 saturated carbocycles. The molecule has 9 heteroatoms. The molecular formula is C23H23F4N3O2. The molecule has 0 bridgehead atoms. The van der Waals surface area contributed by atoms with Crippen molar-refractivity contribution in [1.82, 2.24) is 9.80 Å². The fraction of sp³-hybridized carbons (Fsp3) is 0.391. The number of hydrogen-bond donors (Lipinski definition) is 0. The van der Waals surface area contributed by atoms with Crippen molar-refractivity contribution in [2.75, 3.05) is 37.6 Å². The number of amides is 2. The van der Waals surface area contributed by atoms with E-state index in [2.05, 4.69) is 0 Å². The highest BCUT2D eigenvalue weighted by Crippen LogP contribution is 2.30. The van der Waals surface area contributed by atoms with Gasteiger partial charge in [0.1, 0.15) is 5.82 Å². The van der Waals surface area contributed by atoms with E-state index in [-0.39, 0.29) is 37.1 Å². The predicted molar refractivity (Wildman–Crippen MR) is 110 cm³/mol. The minimum atomic E-state index is -4.45. The monoisotopic (exact) mass is 449 g/mol. The zero-order chi connectivity index (χ0) is 22.9. The van der Waals surface area contributed by atoms with Crippen LogP contribution < -0.4 is 4.90 Å². The molecule has 2 aliphatic heterocycles. The first-order valence-corrected chi connectivity index (χ1v) is 10.4. The van der Waals surface area contributed by atoms with Gasteiger partial charge >= 0.3 is 6.18 Å². The Hall–Kier alpha value is -3.10. The van der Waals surface area contributed by atoms with Crippen molar-refractivity contribution in [3.05, 3.63) is 65.5 Å². The van der Waals surface area contributed by atoms with Gasteiger partial charge in [-0.1, -0.05) is 24.3 Å². The summed E-state index contributed by atoms with van der Waals surface area (Å²) in [6.45, 7) is 2.04. The quantitative estimate of drug-likeness (QED) is 0.671. The first kappa shape index (κ1) is 22.1. The number of piperazine rings is 1. The zero-order valence-electron chi connectivity index (χ0n) is 17.3. The van der Waals surface area contributed by atoms with Crippen LogP contribution in [0, 0.1) is 11.7 Å². The molecule has 0 radical (unpaired) electrons. The average Bonchev–Trinajstić information content (AvgIpc) is 3.13. The van der Waals surface area contributed by atoms with Gasteiger partial charge in [0.05, 0.1) is 17.2 Å². The summed E-state index contributed by atoms with van der Waals surface area (Å²) in [4.78, 5) is 30.4. The van der Waals surface area contributed by atoms with E-state index in [0.29, 0.717) is 37.4 Å². The summed E-state index contributed by atoms with van der Waals surface area (Å²) in [6.07, 6.45) is -4.40. The van der Waals surface area contributed by atoms with Gasteiger partial charge in [-0.05, 0) is 29.8 Å². The lowest BCUT2D eigenvalue weighted by molar-refractivity contribution is -0.137. The van der Waals surface area contributed by atoms with Crippen LogP contribution in [-0.2, 0) is 22.3 Å². The van der Waals surface area contributed by atoms with Gasteiger partial charge in [-0.2, -0.15) is 13.2 Å². The van der Waals surface area contributed by atoms with Crippen LogP contribution in [0.2, 0.25) is 0 Å². The first-order chi connectivity index (χ1) is 15.2. The van der Waals surface area contributed by atoms with Crippen molar-refractivity contribution < 1.29 is 27.2 Å². The molecule has 2 aromatic rings. The van der Waals surface area contributed by atoms with Crippen molar-refractivity contribution >= 4 is 17.5 Å². The summed E-state index contributed by atoms with van der Waals surface area (Å²) >= 11 is 0. The van der Waals surface area contributed by atoms with Gasteiger partial charge in [-0.3, -0.25) is 9.59 Å². The fourth-order valence-corrected chi connectivity index (χ4v) is 4.29. The molecule has 5 nitrogen and oxygen atoms in total. The highest BCUT2D eigenvalue weighted by atomic mass is 19.4. The van der Waals surface area contributed by atoms with Gasteiger partial charge in [0.15, 0.2) is 0 Å². The van der Waals surface area contributed by atoms with E-state index in [0.717, 1.165) is 12.1 Å². The molecule has 0 N–H and O–H groups in total. The Morgan fingerprint density at radius 2 is 1.72 bits per heavy atom. The number of carbonyl (C=O) groups is 2. The highest BCUT2D eigenvalue weighted by molar-refractivity contribution is 5.89. The third-order valence-electron chi connectivity index (χ3n) is 5.98. The standard InChI is InChI=1S/C23H23F4N3O2/c24-19-6-1-2-7-20(19)28-8-10-29(11-9-28)22(32)17-13-21(31)30(15-17)14-16-4-3-5-18(12-16)23(25,26)27/h1-7,12,17H,8-11,13-15H2. The van der Waals surface area contributed by atoms with Gasteiger partial charge in [-0.15, -0.1) is 0 Å². The van der Waals surface area contributed by atoms with Gasteiger partial charge in [0.2, 0.25) is 11.8 Å². The molecular weight excluding hydrogens is 426 g/mol.